The van der Waals surface area contributed by atoms with Crippen molar-refractivity contribution in [3.8, 4) is 0 Å². The van der Waals surface area contributed by atoms with Crippen molar-refractivity contribution in [2.45, 2.75) is 12.5 Å². The van der Waals surface area contributed by atoms with Gasteiger partial charge in [0, 0.05) is 11.3 Å². The molecule has 116 valence electrons. The van der Waals surface area contributed by atoms with Gasteiger partial charge in [0.05, 0.1) is 12.1 Å². The first-order chi connectivity index (χ1) is 11.1. The molecule has 0 amide bonds. The van der Waals surface area contributed by atoms with Crippen LogP contribution < -0.4 is 5.32 Å². The lowest BCUT2D eigenvalue weighted by Gasteiger charge is -2.15. The fourth-order valence-electron chi connectivity index (χ4n) is 2.36. The molecule has 1 atom stereocenters. The van der Waals surface area contributed by atoms with Crippen LogP contribution in [0.25, 0.3) is 0 Å². The minimum absolute atomic E-state index is 0.0713. The van der Waals surface area contributed by atoms with E-state index in [0.29, 0.717) is 15.7 Å². The zero-order chi connectivity index (χ0) is 16.2. The molecule has 0 bridgehead atoms. The fourth-order valence-corrected chi connectivity index (χ4v) is 2.81. The standard InChI is InChI=1S/C18H14BrNO3/c19-16-17(20-13-9-5-2-6-10-13)15(23-18(16)22)11-14(21)12-7-3-1-4-8-12/h1-10,15,20H,11H2. The van der Waals surface area contributed by atoms with Crippen molar-refractivity contribution in [2.24, 2.45) is 0 Å². The molecule has 1 aliphatic heterocycles. The van der Waals surface area contributed by atoms with E-state index in [1.165, 1.54) is 0 Å². The third-order valence-electron chi connectivity index (χ3n) is 3.51. The third-order valence-corrected chi connectivity index (χ3v) is 4.26. The molecule has 2 aromatic carbocycles. The molecule has 4 nitrogen and oxygen atoms in total. The quantitative estimate of drug-likeness (QED) is 0.639. The van der Waals surface area contributed by atoms with Gasteiger partial charge in [-0.2, -0.15) is 0 Å². The normalized spacial score (nSPS) is 17.1. The number of carbonyl (C=O) groups excluding carboxylic acids is 2. The second-order valence-electron chi connectivity index (χ2n) is 5.11. The van der Waals surface area contributed by atoms with Crippen molar-refractivity contribution in [3.63, 3.8) is 0 Å². The number of esters is 1. The van der Waals surface area contributed by atoms with Crippen molar-refractivity contribution in [1.82, 2.24) is 0 Å². The topological polar surface area (TPSA) is 55.4 Å². The summed E-state index contributed by atoms with van der Waals surface area (Å²) in [6.07, 6.45) is -0.523. The van der Waals surface area contributed by atoms with Gasteiger partial charge in [0.25, 0.3) is 0 Å². The van der Waals surface area contributed by atoms with E-state index in [1.54, 1.807) is 12.1 Å². The minimum Gasteiger partial charge on any atom is -0.451 e. The Kier molecular flexibility index (Phi) is 4.57. The number of benzene rings is 2. The Morgan fingerprint density at radius 2 is 1.65 bits per heavy atom. The maximum Gasteiger partial charge on any atom is 0.347 e. The Morgan fingerprint density at radius 1 is 1.04 bits per heavy atom. The number of hydrogen-bond donors (Lipinski definition) is 1. The molecule has 0 aromatic heterocycles. The monoisotopic (exact) mass is 371 g/mol. The van der Waals surface area contributed by atoms with Crippen LogP contribution in [0.5, 0.6) is 0 Å². The van der Waals surface area contributed by atoms with Gasteiger partial charge < -0.3 is 10.1 Å². The highest BCUT2D eigenvalue weighted by Crippen LogP contribution is 2.30. The average Bonchev–Trinajstić information content (AvgIpc) is 2.84. The Balaban J connectivity index is 1.79. The number of carbonyl (C=O) groups is 2. The molecule has 0 saturated carbocycles. The van der Waals surface area contributed by atoms with Crippen LogP contribution >= 0.6 is 15.9 Å². The number of hydrogen-bond acceptors (Lipinski definition) is 4. The van der Waals surface area contributed by atoms with E-state index in [2.05, 4.69) is 21.2 Å². The summed E-state index contributed by atoms with van der Waals surface area (Å²) in [6.45, 7) is 0. The summed E-state index contributed by atoms with van der Waals surface area (Å²) < 4.78 is 5.63. The summed E-state index contributed by atoms with van der Waals surface area (Å²) in [7, 11) is 0. The van der Waals surface area contributed by atoms with E-state index in [1.807, 2.05) is 48.5 Å². The third kappa shape index (κ3) is 3.51. The lowest BCUT2D eigenvalue weighted by atomic mass is 10.0. The van der Waals surface area contributed by atoms with Crippen molar-refractivity contribution in [3.05, 3.63) is 76.4 Å². The second-order valence-corrected chi connectivity index (χ2v) is 5.90. The van der Waals surface area contributed by atoms with Crippen LogP contribution in [0, 0.1) is 0 Å². The highest BCUT2D eigenvalue weighted by atomic mass is 79.9. The number of Topliss-reactive ketones (excluding diaryl/α,β-unsaturated/α-hetero) is 1. The molecule has 0 spiro atoms. The van der Waals surface area contributed by atoms with Gasteiger partial charge >= 0.3 is 5.97 Å². The Bertz CT molecular complexity index is 756. The smallest absolute Gasteiger partial charge is 0.347 e. The summed E-state index contributed by atoms with van der Waals surface area (Å²) in [6, 6.07) is 18.4. The molecule has 23 heavy (non-hydrogen) atoms. The number of anilines is 1. The van der Waals surface area contributed by atoms with Crippen LogP contribution in [0.2, 0.25) is 0 Å². The molecule has 3 rings (SSSR count). The predicted octanol–water partition coefficient (Wildman–Crippen LogP) is 3.90. The molecule has 1 N–H and O–H groups in total. The first kappa shape index (κ1) is 15.5. The lowest BCUT2D eigenvalue weighted by molar-refractivity contribution is -0.138. The Hall–Kier alpha value is -2.40. The van der Waals surface area contributed by atoms with Crippen LogP contribution in [0.15, 0.2) is 70.8 Å². The maximum atomic E-state index is 12.4. The summed E-state index contributed by atoms with van der Waals surface area (Å²) in [5, 5.41) is 3.16. The van der Waals surface area contributed by atoms with E-state index in [0.717, 1.165) is 5.69 Å². The van der Waals surface area contributed by atoms with Crippen LogP contribution in [0.4, 0.5) is 5.69 Å². The molecule has 2 aromatic rings. The minimum atomic E-state index is -0.621. The van der Waals surface area contributed by atoms with Crippen molar-refractivity contribution in [2.75, 3.05) is 5.32 Å². The average molecular weight is 372 g/mol. The number of para-hydroxylation sites is 1. The van der Waals surface area contributed by atoms with E-state index >= 15 is 0 Å². The number of halogens is 1. The molecular formula is C18H14BrNO3. The van der Waals surface area contributed by atoms with Crippen molar-refractivity contribution < 1.29 is 14.3 Å². The molecule has 0 radical (unpaired) electrons. The number of cyclic esters (lactones) is 1. The van der Waals surface area contributed by atoms with E-state index in [-0.39, 0.29) is 12.2 Å². The fraction of sp³-hybridized carbons (Fsp3) is 0.111. The van der Waals surface area contributed by atoms with Gasteiger partial charge in [-0.25, -0.2) is 4.79 Å². The highest BCUT2D eigenvalue weighted by Gasteiger charge is 2.34. The number of nitrogens with one attached hydrogen (secondary N) is 1. The van der Waals surface area contributed by atoms with Crippen LogP contribution in [0.3, 0.4) is 0 Å². The molecule has 5 heteroatoms. The number of ketones is 1. The number of rotatable bonds is 5. The summed E-state index contributed by atoms with van der Waals surface area (Å²) in [5.74, 6) is -0.535. The van der Waals surface area contributed by atoms with Gasteiger partial charge in [0.15, 0.2) is 11.9 Å². The van der Waals surface area contributed by atoms with E-state index < -0.39 is 12.1 Å². The van der Waals surface area contributed by atoms with Crippen molar-refractivity contribution >= 4 is 33.4 Å². The molecular weight excluding hydrogens is 358 g/mol. The van der Waals surface area contributed by atoms with Gasteiger partial charge in [-0.3, -0.25) is 4.79 Å². The Labute approximate surface area is 142 Å². The summed E-state index contributed by atoms with van der Waals surface area (Å²) >= 11 is 3.25. The van der Waals surface area contributed by atoms with E-state index in [9.17, 15) is 9.59 Å². The highest BCUT2D eigenvalue weighted by molar-refractivity contribution is 9.12. The van der Waals surface area contributed by atoms with Gasteiger partial charge in [-0.1, -0.05) is 48.5 Å². The predicted molar refractivity (Wildman–Crippen MR) is 91.3 cm³/mol. The van der Waals surface area contributed by atoms with E-state index in [4.69, 9.17) is 4.74 Å². The second kappa shape index (κ2) is 6.79. The largest absolute Gasteiger partial charge is 0.451 e. The van der Waals surface area contributed by atoms with Crippen molar-refractivity contribution in [1.29, 1.82) is 0 Å². The first-order valence-electron chi connectivity index (χ1n) is 7.16. The van der Waals surface area contributed by atoms with Gasteiger partial charge in [-0.15, -0.1) is 0 Å². The zero-order valence-corrected chi connectivity index (χ0v) is 13.7. The lowest BCUT2D eigenvalue weighted by Crippen LogP contribution is -2.21. The zero-order valence-electron chi connectivity index (χ0n) is 12.2. The van der Waals surface area contributed by atoms with Gasteiger partial charge in [0.1, 0.15) is 4.48 Å². The summed E-state index contributed by atoms with van der Waals surface area (Å²) in [4.78, 5) is 24.2. The van der Waals surface area contributed by atoms with Gasteiger partial charge in [0.2, 0.25) is 0 Å². The Morgan fingerprint density at radius 3 is 2.30 bits per heavy atom. The molecule has 0 saturated heterocycles. The molecule has 0 fully saturated rings. The van der Waals surface area contributed by atoms with Crippen LogP contribution in [0.1, 0.15) is 16.8 Å². The molecule has 1 unspecified atom stereocenters. The maximum absolute atomic E-state index is 12.4. The first-order valence-corrected chi connectivity index (χ1v) is 7.95. The van der Waals surface area contributed by atoms with Crippen LogP contribution in [-0.4, -0.2) is 17.9 Å². The SMILES string of the molecule is O=C1OC(CC(=O)c2ccccc2)C(Nc2ccccc2)=C1Br. The number of ether oxygens (including phenoxy) is 1. The molecule has 0 aliphatic carbocycles. The molecule has 1 aliphatic rings. The molecule has 1 heterocycles. The summed E-state index contributed by atoms with van der Waals surface area (Å²) in [5.41, 5.74) is 2.01. The van der Waals surface area contributed by atoms with Crippen LogP contribution in [-0.2, 0) is 9.53 Å². The van der Waals surface area contributed by atoms with Gasteiger partial charge in [-0.05, 0) is 28.1 Å².